The summed E-state index contributed by atoms with van der Waals surface area (Å²) < 4.78 is 15.1. The molecule has 2 aromatic carbocycles. The number of aromatic hydroxyl groups is 1. The van der Waals surface area contributed by atoms with Crippen LogP contribution in [0.4, 0.5) is 10.2 Å². The van der Waals surface area contributed by atoms with Crippen molar-refractivity contribution in [3.8, 4) is 28.3 Å². The van der Waals surface area contributed by atoms with Gasteiger partial charge in [-0.1, -0.05) is 11.6 Å². The molecule has 0 aliphatic heterocycles. The number of fused-ring (bicyclic) bond motifs is 1. The van der Waals surface area contributed by atoms with Crippen molar-refractivity contribution < 1.29 is 9.50 Å². The number of phenols is 1. The van der Waals surface area contributed by atoms with E-state index in [2.05, 4.69) is 9.97 Å². The van der Waals surface area contributed by atoms with E-state index < -0.39 is 0 Å². The van der Waals surface area contributed by atoms with Crippen molar-refractivity contribution in [1.82, 2.24) is 14.4 Å². The maximum atomic E-state index is 13.3. The zero-order valence-corrected chi connectivity index (χ0v) is 13.6. The molecule has 0 radical (unpaired) electrons. The first-order valence-electron chi connectivity index (χ1n) is 7.42. The molecule has 0 aliphatic rings. The molecule has 0 fully saturated rings. The Morgan fingerprint density at radius 3 is 2.52 bits per heavy atom. The number of imidazole rings is 1. The van der Waals surface area contributed by atoms with Gasteiger partial charge >= 0.3 is 0 Å². The summed E-state index contributed by atoms with van der Waals surface area (Å²) in [5.41, 5.74) is 9.21. The number of benzene rings is 2. The Kier molecular flexibility index (Phi) is 3.54. The van der Waals surface area contributed by atoms with Gasteiger partial charge in [0, 0.05) is 23.5 Å². The molecular weight excluding hydrogens is 343 g/mol. The lowest BCUT2D eigenvalue weighted by atomic mass is 10.0. The van der Waals surface area contributed by atoms with Crippen LogP contribution in [0.5, 0.6) is 5.75 Å². The Morgan fingerprint density at radius 2 is 1.80 bits per heavy atom. The molecule has 4 aromatic rings. The smallest absolute Gasteiger partial charge is 0.180 e. The topological polar surface area (TPSA) is 76.4 Å². The van der Waals surface area contributed by atoms with Crippen molar-refractivity contribution in [2.24, 2.45) is 0 Å². The van der Waals surface area contributed by atoms with Crippen LogP contribution in [0.3, 0.4) is 0 Å². The Labute approximate surface area is 147 Å². The number of hydrogen-bond acceptors (Lipinski definition) is 4. The summed E-state index contributed by atoms with van der Waals surface area (Å²) in [7, 11) is 0. The molecule has 4 rings (SSSR count). The molecule has 7 heteroatoms. The summed E-state index contributed by atoms with van der Waals surface area (Å²) in [5, 5.41) is 9.91. The van der Waals surface area contributed by atoms with Crippen LogP contribution in [0.1, 0.15) is 0 Å². The number of anilines is 1. The van der Waals surface area contributed by atoms with Crippen molar-refractivity contribution in [3.63, 3.8) is 0 Å². The third-order valence-corrected chi connectivity index (χ3v) is 4.21. The summed E-state index contributed by atoms with van der Waals surface area (Å²) in [6.45, 7) is 0. The van der Waals surface area contributed by atoms with E-state index in [1.807, 2.05) is 0 Å². The largest absolute Gasteiger partial charge is 0.506 e. The monoisotopic (exact) mass is 354 g/mol. The number of phenolic OH excluding ortho intramolecular Hbond substituents is 1. The zero-order chi connectivity index (χ0) is 17.6. The number of nitrogens with two attached hydrogens (primary N) is 1. The Morgan fingerprint density at radius 1 is 1.08 bits per heavy atom. The molecule has 124 valence electrons. The first kappa shape index (κ1) is 15.4. The Hall–Kier alpha value is -3.12. The van der Waals surface area contributed by atoms with Crippen LogP contribution in [0.15, 0.2) is 54.9 Å². The standard InChI is InChI=1S/C18H12ClFN4O/c19-13-9-11(3-6-14(13)25)16-15(10-1-4-12(20)5-2-10)23-17(21)18-22-7-8-24(16)18/h1-9,25H,(H2,21,23). The molecule has 0 saturated heterocycles. The van der Waals surface area contributed by atoms with E-state index in [-0.39, 0.29) is 22.4 Å². The highest BCUT2D eigenvalue weighted by Gasteiger charge is 2.17. The van der Waals surface area contributed by atoms with Gasteiger partial charge in [-0.05, 0) is 42.5 Å². The molecule has 2 aromatic heterocycles. The highest BCUT2D eigenvalue weighted by molar-refractivity contribution is 6.32. The number of halogens is 2. The second-order valence-corrected chi connectivity index (χ2v) is 5.90. The fourth-order valence-electron chi connectivity index (χ4n) is 2.75. The maximum Gasteiger partial charge on any atom is 0.180 e. The predicted octanol–water partition coefficient (Wildman–Crippen LogP) is 4.14. The zero-order valence-electron chi connectivity index (χ0n) is 12.8. The fraction of sp³-hybridized carbons (Fsp3) is 0. The highest BCUT2D eigenvalue weighted by Crippen LogP contribution is 2.36. The highest BCUT2D eigenvalue weighted by atomic mass is 35.5. The number of aromatic nitrogens is 3. The minimum Gasteiger partial charge on any atom is -0.506 e. The molecule has 0 spiro atoms. The summed E-state index contributed by atoms with van der Waals surface area (Å²) in [6, 6.07) is 10.8. The molecule has 2 heterocycles. The number of nitrogens with zero attached hydrogens (tertiary/aromatic N) is 3. The molecule has 5 nitrogen and oxygen atoms in total. The molecular formula is C18H12ClFN4O. The van der Waals surface area contributed by atoms with Crippen LogP contribution in [0.25, 0.3) is 28.2 Å². The van der Waals surface area contributed by atoms with Crippen molar-refractivity contribution in [2.75, 3.05) is 5.73 Å². The predicted molar refractivity (Wildman–Crippen MR) is 94.9 cm³/mol. The average Bonchev–Trinajstić information content (AvgIpc) is 3.08. The minimum atomic E-state index is -0.338. The second kappa shape index (κ2) is 5.75. The van der Waals surface area contributed by atoms with E-state index >= 15 is 0 Å². The van der Waals surface area contributed by atoms with E-state index in [1.54, 1.807) is 41.1 Å². The summed E-state index contributed by atoms with van der Waals surface area (Å²) in [4.78, 5) is 8.69. The summed E-state index contributed by atoms with van der Waals surface area (Å²) in [5.74, 6) is -0.0911. The van der Waals surface area contributed by atoms with E-state index in [0.29, 0.717) is 22.6 Å². The third kappa shape index (κ3) is 2.56. The summed E-state index contributed by atoms with van der Waals surface area (Å²) in [6.07, 6.45) is 3.38. The molecule has 0 amide bonds. The Balaban J connectivity index is 2.07. The van der Waals surface area contributed by atoms with Gasteiger partial charge in [0.1, 0.15) is 11.6 Å². The van der Waals surface area contributed by atoms with Crippen molar-refractivity contribution in [1.29, 1.82) is 0 Å². The van der Waals surface area contributed by atoms with Gasteiger partial charge < -0.3 is 10.8 Å². The molecule has 0 saturated carbocycles. The number of rotatable bonds is 2. The van der Waals surface area contributed by atoms with Gasteiger partial charge in [-0.2, -0.15) is 0 Å². The van der Waals surface area contributed by atoms with Crippen LogP contribution in [0.2, 0.25) is 5.02 Å². The lowest BCUT2D eigenvalue weighted by Gasteiger charge is -2.14. The van der Waals surface area contributed by atoms with Gasteiger partial charge in [0.2, 0.25) is 0 Å². The van der Waals surface area contributed by atoms with Gasteiger partial charge in [-0.15, -0.1) is 0 Å². The first-order valence-corrected chi connectivity index (χ1v) is 7.80. The SMILES string of the molecule is Nc1nc(-c2ccc(F)cc2)c(-c2ccc(O)c(Cl)c2)n2ccnc12. The van der Waals surface area contributed by atoms with Crippen LogP contribution in [-0.2, 0) is 0 Å². The van der Waals surface area contributed by atoms with Crippen molar-refractivity contribution in [3.05, 3.63) is 65.7 Å². The summed E-state index contributed by atoms with van der Waals surface area (Å²) >= 11 is 6.07. The quantitative estimate of drug-likeness (QED) is 0.567. The van der Waals surface area contributed by atoms with Gasteiger partial charge in [0.05, 0.1) is 16.4 Å². The fourth-order valence-corrected chi connectivity index (χ4v) is 2.93. The molecule has 0 bridgehead atoms. The van der Waals surface area contributed by atoms with Crippen molar-refractivity contribution in [2.45, 2.75) is 0 Å². The molecule has 0 unspecified atom stereocenters. The maximum absolute atomic E-state index is 13.3. The lowest BCUT2D eigenvalue weighted by Crippen LogP contribution is -2.03. The number of nitrogen functional groups attached to an aromatic ring is 1. The van der Waals surface area contributed by atoms with Crippen LogP contribution >= 0.6 is 11.6 Å². The normalized spacial score (nSPS) is 11.1. The van der Waals surface area contributed by atoms with E-state index in [9.17, 15) is 9.50 Å². The second-order valence-electron chi connectivity index (χ2n) is 5.49. The molecule has 3 N–H and O–H groups in total. The molecule has 25 heavy (non-hydrogen) atoms. The van der Waals surface area contributed by atoms with Crippen LogP contribution in [0, 0.1) is 5.82 Å². The number of hydrogen-bond donors (Lipinski definition) is 2. The third-order valence-electron chi connectivity index (χ3n) is 3.91. The average molecular weight is 355 g/mol. The Bertz CT molecular complexity index is 1090. The lowest BCUT2D eigenvalue weighted by molar-refractivity contribution is 0.475. The van der Waals surface area contributed by atoms with E-state index in [4.69, 9.17) is 17.3 Å². The van der Waals surface area contributed by atoms with Gasteiger partial charge in [0.25, 0.3) is 0 Å². The van der Waals surface area contributed by atoms with Crippen molar-refractivity contribution >= 4 is 23.1 Å². The van der Waals surface area contributed by atoms with Gasteiger partial charge in [-0.3, -0.25) is 4.40 Å². The minimum absolute atomic E-state index is 0.0148. The first-order chi connectivity index (χ1) is 12.0. The molecule has 0 aliphatic carbocycles. The van der Waals surface area contributed by atoms with E-state index in [0.717, 1.165) is 5.56 Å². The molecule has 0 atom stereocenters. The van der Waals surface area contributed by atoms with Crippen LogP contribution in [-0.4, -0.2) is 19.5 Å². The van der Waals surface area contributed by atoms with Crippen LogP contribution < -0.4 is 5.73 Å². The van der Waals surface area contributed by atoms with Gasteiger partial charge in [0.15, 0.2) is 11.5 Å². The van der Waals surface area contributed by atoms with E-state index in [1.165, 1.54) is 18.2 Å². The van der Waals surface area contributed by atoms with Gasteiger partial charge in [-0.25, -0.2) is 14.4 Å².